The van der Waals surface area contributed by atoms with Crippen molar-refractivity contribution in [1.82, 2.24) is 19.9 Å². The zero-order valence-electron chi connectivity index (χ0n) is 14.3. The molecule has 0 bridgehead atoms. The maximum atomic E-state index is 11.3. The maximum absolute atomic E-state index is 11.3. The number of hydrogen-bond donors (Lipinski definition) is 2. The fraction of sp³-hybridized carbons (Fsp3) is 0.167. The van der Waals surface area contributed by atoms with Crippen LogP contribution in [0.3, 0.4) is 0 Å². The van der Waals surface area contributed by atoms with Crippen LogP contribution in [-0.4, -0.2) is 25.8 Å². The van der Waals surface area contributed by atoms with Crippen molar-refractivity contribution < 1.29 is 4.79 Å². The molecule has 8 heteroatoms. The lowest BCUT2D eigenvalue weighted by molar-refractivity contribution is 0.0995. The lowest BCUT2D eigenvalue weighted by atomic mass is 10.00. The number of pyridine rings is 2. The molecule has 0 radical (unpaired) electrons. The van der Waals surface area contributed by atoms with Crippen molar-refractivity contribution in [3.05, 3.63) is 65.3 Å². The molecule has 0 spiro atoms. The van der Waals surface area contributed by atoms with E-state index in [0.29, 0.717) is 27.9 Å². The molecule has 7 nitrogen and oxygen atoms in total. The van der Waals surface area contributed by atoms with Gasteiger partial charge in [0.25, 0.3) is 5.91 Å². The number of aromatic nitrogens is 4. The average molecular weight is 369 g/mol. The first-order chi connectivity index (χ1) is 12.4. The summed E-state index contributed by atoms with van der Waals surface area (Å²) in [6.45, 7) is 3.88. The van der Waals surface area contributed by atoms with E-state index in [1.807, 2.05) is 13.8 Å². The number of nitrogens with zero attached hydrogens (tertiary/aromatic N) is 4. The van der Waals surface area contributed by atoms with Crippen molar-refractivity contribution in [3.8, 4) is 11.3 Å². The number of anilines is 1. The second-order valence-electron chi connectivity index (χ2n) is 6.15. The molecular formula is C18H17ClN6O. The summed E-state index contributed by atoms with van der Waals surface area (Å²) in [5.74, 6) is -0.161. The number of hydrogen-bond acceptors (Lipinski definition) is 6. The maximum Gasteiger partial charge on any atom is 0.267 e. The lowest BCUT2D eigenvalue weighted by Gasteiger charge is -2.26. The Labute approximate surface area is 155 Å². The Morgan fingerprint density at radius 1 is 1.12 bits per heavy atom. The second kappa shape index (κ2) is 7.05. The van der Waals surface area contributed by atoms with Gasteiger partial charge >= 0.3 is 0 Å². The van der Waals surface area contributed by atoms with Crippen molar-refractivity contribution in [3.63, 3.8) is 0 Å². The SMILES string of the molecule is CC(C)(Nc1ncc(-c2cccc(C(N)=O)n2)cn1)c1ncccc1Cl. The van der Waals surface area contributed by atoms with Crippen LogP contribution in [-0.2, 0) is 5.54 Å². The van der Waals surface area contributed by atoms with Crippen LogP contribution in [0.1, 0.15) is 30.0 Å². The molecule has 0 saturated carbocycles. The minimum atomic E-state index is -0.583. The number of rotatable bonds is 5. The molecule has 0 aliphatic rings. The molecule has 0 aliphatic carbocycles. The van der Waals surface area contributed by atoms with Gasteiger partial charge in [-0.25, -0.2) is 15.0 Å². The summed E-state index contributed by atoms with van der Waals surface area (Å²) in [5.41, 5.74) is 6.83. The molecule has 3 aromatic rings. The number of halogens is 1. The molecule has 26 heavy (non-hydrogen) atoms. The molecule has 0 unspecified atom stereocenters. The quantitative estimate of drug-likeness (QED) is 0.716. The van der Waals surface area contributed by atoms with Crippen LogP contribution in [0.15, 0.2) is 48.9 Å². The van der Waals surface area contributed by atoms with Gasteiger partial charge < -0.3 is 11.1 Å². The van der Waals surface area contributed by atoms with Crippen molar-refractivity contribution in [2.45, 2.75) is 19.4 Å². The highest BCUT2D eigenvalue weighted by Gasteiger charge is 2.25. The van der Waals surface area contributed by atoms with E-state index in [-0.39, 0.29) is 5.69 Å². The third-order valence-electron chi connectivity index (χ3n) is 3.72. The highest BCUT2D eigenvalue weighted by molar-refractivity contribution is 6.31. The van der Waals surface area contributed by atoms with Crippen LogP contribution in [0.2, 0.25) is 5.02 Å². The van der Waals surface area contributed by atoms with Crippen LogP contribution >= 0.6 is 11.6 Å². The minimum absolute atomic E-state index is 0.190. The van der Waals surface area contributed by atoms with E-state index in [1.165, 1.54) is 0 Å². The molecule has 3 N–H and O–H groups in total. The van der Waals surface area contributed by atoms with Crippen LogP contribution in [0.5, 0.6) is 0 Å². The fourth-order valence-electron chi connectivity index (χ4n) is 2.44. The lowest BCUT2D eigenvalue weighted by Crippen LogP contribution is -2.30. The van der Waals surface area contributed by atoms with Crippen molar-refractivity contribution in [1.29, 1.82) is 0 Å². The molecule has 1 amide bonds. The first-order valence-electron chi connectivity index (χ1n) is 7.85. The van der Waals surface area contributed by atoms with Crippen molar-refractivity contribution in [2.24, 2.45) is 5.73 Å². The van der Waals surface area contributed by atoms with E-state index in [0.717, 1.165) is 0 Å². The van der Waals surface area contributed by atoms with Crippen LogP contribution in [0.25, 0.3) is 11.3 Å². The molecule has 0 fully saturated rings. The van der Waals surface area contributed by atoms with E-state index in [1.54, 1.807) is 48.9 Å². The number of nitrogens with one attached hydrogen (secondary N) is 1. The molecule has 0 aromatic carbocycles. The summed E-state index contributed by atoms with van der Waals surface area (Å²) in [7, 11) is 0. The van der Waals surface area contributed by atoms with Gasteiger partial charge in [-0.1, -0.05) is 17.7 Å². The number of carbonyl (C=O) groups excluding carboxylic acids is 1. The van der Waals surface area contributed by atoms with Crippen molar-refractivity contribution in [2.75, 3.05) is 5.32 Å². The predicted octanol–water partition coefficient (Wildman–Crippen LogP) is 3.03. The number of primary amides is 1. The zero-order valence-corrected chi connectivity index (χ0v) is 15.0. The summed E-state index contributed by atoms with van der Waals surface area (Å²) in [4.78, 5) is 28.4. The third kappa shape index (κ3) is 3.78. The summed E-state index contributed by atoms with van der Waals surface area (Å²) >= 11 is 6.23. The smallest absolute Gasteiger partial charge is 0.267 e. The number of amides is 1. The molecule has 3 rings (SSSR count). The first-order valence-corrected chi connectivity index (χ1v) is 8.23. The first kappa shape index (κ1) is 17.8. The minimum Gasteiger partial charge on any atom is -0.364 e. The Balaban J connectivity index is 1.83. The molecule has 3 aromatic heterocycles. The molecule has 3 heterocycles. The van der Waals surface area contributed by atoms with Gasteiger partial charge in [-0.15, -0.1) is 0 Å². The molecule has 0 atom stereocenters. The second-order valence-corrected chi connectivity index (χ2v) is 6.56. The van der Waals surface area contributed by atoms with Gasteiger partial charge in [-0.2, -0.15) is 0 Å². The highest BCUT2D eigenvalue weighted by Crippen LogP contribution is 2.28. The summed E-state index contributed by atoms with van der Waals surface area (Å²) in [6.07, 6.45) is 4.93. The molecule has 0 saturated heterocycles. The van der Waals surface area contributed by atoms with Gasteiger partial charge in [-0.05, 0) is 38.1 Å². The Hall–Kier alpha value is -3.06. The Morgan fingerprint density at radius 2 is 1.85 bits per heavy atom. The normalized spacial score (nSPS) is 11.2. The number of nitrogens with two attached hydrogens (primary N) is 1. The third-order valence-corrected chi connectivity index (χ3v) is 4.03. The fourth-order valence-corrected chi connectivity index (χ4v) is 2.80. The highest BCUT2D eigenvalue weighted by atomic mass is 35.5. The van der Waals surface area contributed by atoms with E-state index >= 15 is 0 Å². The molecular weight excluding hydrogens is 352 g/mol. The summed E-state index contributed by atoms with van der Waals surface area (Å²) in [5, 5.41) is 3.78. The van der Waals surface area contributed by atoms with Gasteiger partial charge in [0.1, 0.15) is 5.69 Å². The Bertz CT molecular complexity index is 942. The standard InChI is InChI=1S/C18H17ClN6O/c1-18(2,15-12(19)5-4-8-21-15)25-17-22-9-11(10-23-17)13-6-3-7-14(24-13)16(20)26/h3-10H,1-2H3,(H2,20,26)(H,22,23,25). The largest absolute Gasteiger partial charge is 0.364 e. The van der Waals surface area contributed by atoms with Gasteiger partial charge in [0.05, 0.1) is 21.9 Å². The zero-order chi connectivity index (χ0) is 18.7. The Morgan fingerprint density at radius 3 is 2.50 bits per heavy atom. The van der Waals surface area contributed by atoms with Crippen molar-refractivity contribution >= 4 is 23.5 Å². The van der Waals surface area contributed by atoms with E-state index in [2.05, 4.69) is 25.3 Å². The van der Waals surface area contributed by atoms with E-state index in [4.69, 9.17) is 17.3 Å². The van der Waals surface area contributed by atoms with Gasteiger partial charge in [0.2, 0.25) is 5.95 Å². The monoisotopic (exact) mass is 368 g/mol. The van der Waals surface area contributed by atoms with Gasteiger partial charge in [-0.3, -0.25) is 9.78 Å². The van der Waals surface area contributed by atoms with Crippen LogP contribution in [0.4, 0.5) is 5.95 Å². The van der Waals surface area contributed by atoms with E-state index in [9.17, 15) is 4.79 Å². The topological polar surface area (TPSA) is 107 Å². The Kier molecular flexibility index (Phi) is 4.81. The van der Waals surface area contributed by atoms with Crippen LogP contribution < -0.4 is 11.1 Å². The predicted molar refractivity (Wildman–Crippen MR) is 99.7 cm³/mol. The van der Waals surface area contributed by atoms with Crippen LogP contribution in [0, 0.1) is 0 Å². The summed E-state index contributed by atoms with van der Waals surface area (Å²) < 4.78 is 0. The van der Waals surface area contributed by atoms with Gasteiger partial charge in [0.15, 0.2) is 0 Å². The summed E-state index contributed by atoms with van der Waals surface area (Å²) in [6, 6.07) is 8.59. The average Bonchev–Trinajstić information content (AvgIpc) is 2.62. The number of carbonyl (C=O) groups is 1. The van der Waals surface area contributed by atoms with E-state index < -0.39 is 11.4 Å². The molecule has 132 valence electrons. The van der Waals surface area contributed by atoms with Gasteiger partial charge in [0, 0.05) is 24.2 Å². The molecule has 0 aliphatic heterocycles.